The van der Waals surface area contributed by atoms with Crippen molar-refractivity contribution in [3.05, 3.63) is 47.2 Å². The first-order chi connectivity index (χ1) is 15.7. The minimum absolute atomic E-state index is 0.284. The van der Waals surface area contributed by atoms with Gasteiger partial charge in [-0.1, -0.05) is 100 Å². The first-order valence-corrected chi connectivity index (χ1v) is 15.1. The van der Waals surface area contributed by atoms with E-state index in [1.165, 1.54) is 57.8 Å². The fraction of sp³-hybridized carbons (Fsp3) is 0.667. The fourth-order valence-corrected chi connectivity index (χ4v) is 7.26. The summed E-state index contributed by atoms with van der Waals surface area (Å²) >= 11 is 3.94. The van der Waals surface area contributed by atoms with Crippen molar-refractivity contribution in [3.8, 4) is 9.75 Å². The van der Waals surface area contributed by atoms with Gasteiger partial charge in [0.25, 0.3) is 0 Å². The molecule has 3 rings (SSSR count). The van der Waals surface area contributed by atoms with Gasteiger partial charge < -0.3 is 0 Å². The molecule has 0 bridgehead atoms. The average molecular weight is 477 g/mol. The molecule has 0 fully saturated rings. The molecule has 32 heavy (non-hydrogen) atoms. The fourth-order valence-electron chi connectivity index (χ4n) is 5.08. The second-order valence-electron chi connectivity index (χ2n) is 8.48. The summed E-state index contributed by atoms with van der Waals surface area (Å²) < 4.78 is 0. The predicted octanol–water partition coefficient (Wildman–Crippen LogP) is 11.8. The van der Waals surface area contributed by atoms with E-state index in [1.807, 2.05) is 50.4 Å². The third kappa shape index (κ3) is 7.59. The zero-order valence-electron chi connectivity index (χ0n) is 22.6. The summed E-state index contributed by atoms with van der Waals surface area (Å²) in [7, 11) is 0. The first-order valence-electron chi connectivity index (χ1n) is 13.3. The molecule has 1 aliphatic carbocycles. The average Bonchev–Trinajstić information content (AvgIpc) is 3.57. The third-order valence-electron chi connectivity index (χ3n) is 6.50. The van der Waals surface area contributed by atoms with Crippen molar-refractivity contribution in [1.82, 2.24) is 0 Å². The Labute approximate surface area is 209 Å². The van der Waals surface area contributed by atoms with Crippen molar-refractivity contribution in [2.45, 2.75) is 119 Å². The molecule has 2 aromatic rings. The van der Waals surface area contributed by atoms with Gasteiger partial charge in [-0.25, -0.2) is 0 Å². The summed E-state index contributed by atoms with van der Waals surface area (Å²) in [4.78, 5) is 3.17. The van der Waals surface area contributed by atoms with Gasteiger partial charge in [-0.3, -0.25) is 0 Å². The maximum absolute atomic E-state index is 3.00. The van der Waals surface area contributed by atoms with Crippen LogP contribution in [0.25, 0.3) is 9.75 Å². The van der Waals surface area contributed by atoms with Crippen LogP contribution in [0.2, 0.25) is 0 Å². The van der Waals surface area contributed by atoms with Gasteiger partial charge in [0.05, 0.1) is 0 Å². The number of fused-ring (bicyclic) bond motifs is 3. The van der Waals surface area contributed by atoms with Crippen LogP contribution in [-0.4, -0.2) is 0 Å². The molecular weight excluding hydrogens is 424 g/mol. The Balaban J connectivity index is 0.00000148. The molecule has 0 amide bonds. The van der Waals surface area contributed by atoms with Crippen LogP contribution in [0.4, 0.5) is 0 Å². The molecule has 2 aromatic heterocycles. The standard InChI is InChI=1S/C24H36S2.2C2H6.C2H4/c1-5-8-10-18(4)16-24(17-19(7-3)11-9-6-2)20-12-14-25-22(20)23-21(24)13-15-26-23;3*1-2/h12-15,18-19H,5-11,16-17H2,1-4H3;2*1-2H3;1-2H2. The second kappa shape index (κ2) is 17.6. The minimum Gasteiger partial charge on any atom is -0.143 e. The highest BCUT2D eigenvalue weighted by Gasteiger charge is 2.46. The van der Waals surface area contributed by atoms with Crippen LogP contribution in [0.3, 0.4) is 0 Å². The van der Waals surface area contributed by atoms with E-state index < -0.39 is 0 Å². The molecule has 2 atom stereocenters. The quantitative estimate of drug-likeness (QED) is 0.283. The van der Waals surface area contributed by atoms with Gasteiger partial charge in [0.2, 0.25) is 0 Å². The van der Waals surface area contributed by atoms with Gasteiger partial charge in [-0.15, -0.1) is 35.8 Å². The second-order valence-corrected chi connectivity index (χ2v) is 10.3. The molecule has 0 aliphatic heterocycles. The van der Waals surface area contributed by atoms with Gasteiger partial charge in [0.15, 0.2) is 0 Å². The van der Waals surface area contributed by atoms with Crippen LogP contribution < -0.4 is 0 Å². The first kappa shape index (κ1) is 31.1. The lowest BCUT2D eigenvalue weighted by atomic mass is 9.66. The third-order valence-corrected chi connectivity index (χ3v) is 8.49. The van der Waals surface area contributed by atoms with Gasteiger partial charge in [-0.05, 0) is 58.7 Å². The zero-order valence-corrected chi connectivity index (χ0v) is 24.2. The number of unbranched alkanes of at least 4 members (excludes halogenated alkanes) is 2. The van der Waals surface area contributed by atoms with E-state index in [0.717, 1.165) is 11.8 Å². The molecule has 0 spiro atoms. The lowest BCUT2D eigenvalue weighted by Gasteiger charge is -2.37. The number of hydrogen-bond acceptors (Lipinski definition) is 2. The Morgan fingerprint density at radius 3 is 1.69 bits per heavy atom. The van der Waals surface area contributed by atoms with Crippen LogP contribution in [0, 0.1) is 11.8 Å². The lowest BCUT2D eigenvalue weighted by Crippen LogP contribution is -2.30. The van der Waals surface area contributed by atoms with Crippen molar-refractivity contribution in [3.63, 3.8) is 0 Å². The van der Waals surface area contributed by atoms with Gasteiger partial charge >= 0.3 is 0 Å². The molecular formula is C30H52S2. The summed E-state index contributed by atoms with van der Waals surface area (Å²) in [6, 6.07) is 4.93. The van der Waals surface area contributed by atoms with Gasteiger partial charge in [0.1, 0.15) is 0 Å². The predicted molar refractivity (Wildman–Crippen MR) is 154 cm³/mol. The SMILES string of the molecule is C=C.CC.CC.CCCCC(C)CC1(CC(CC)CCCC)c2ccsc2-c2sccc21. The van der Waals surface area contributed by atoms with E-state index in [9.17, 15) is 0 Å². The van der Waals surface area contributed by atoms with E-state index >= 15 is 0 Å². The smallest absolute Gasteiger partial charge is 0.0486 e. The molecule has 0 radical (unpaired) electrons. The summed E-state index contributed by atoms with van der Waals surface area (Å²) in [5, 5.41) is 4.68. The number of thiophene rings is 2. The normalized spacial score (nSPS) is 14.4. The summed E-state index contributed by atoms with van der Waals surface area (Å²) in [5.41, 5.74) is 3.62. The van der Waals surface area contributed by atoms with E-state index in [1.54, 1.807) is 20.9 Å². The molecule has 184 valence electrons. The molecule has 2 unspecified atom stereocenters. The van der Waals surface area contributed by atoms with Gasteiger partial charge in [0, 0.05) is 15.2 Å². The summed E-state index contributed by atoms with van der Waals surface area (Å²) in [5.74, 6) is 1.66. The monoisotopic (exact) mass is 476 g/mol. The highest BCUT2D eigenvalue weighted by Crippen LogP contribution is 2.59. The van der Waals surface area contributed by atoms with Crippen LogP contribution in [0.15, 0.2) is 36.1 Å². The van der Waals surface area contributed by atoms with Crippen LogP contribution >= 0.6 is 22.7 Å². The lowest BCUT2D eigenvalue weighted by molar-refractivity contribution is 0.279. The molecule has 2 heteroatoms. The molecule has 0 nitrogen and oxygen atoms in total. The van der Waals surface area contributed by atoms with Crippen LogP contribution in [0.5, 0.6) is 0 Å². The van der Waals surface area contributed by atoms with Crippen molar-refractivity contribution >= 4 is 22.7 Å². The minimum atomic E-state index is 0.284. The van der Waals surface area contributed by atoms with Gasteiger partial charge in [-0.2, -0.15) is 0 Å². The van der Waals surface area contributed by atoms with Crippen LogP contribution in [0.1, 0.15) is 124 Å². The van der Waals surface area contributed by atoms with E-state index in [-0.39, 0.29) is 5.41 Å². The highest BCUT2D eigenvalue weighted by atomic mass is 32.1. The van der Waals surface area contributed by atoms with Crippen molar-refractivity contribution in [2.75, 3.05) is 0 Å². The Kier molecular flexibility index (Phi) is 17.1. The summed E-state index contributed by atoms with van der Waals surface area (Å²) in [6.45, 7) is 23.6. The Morgan fingerprint density at radius 2 is 1.25 bits per heavy atom. The molecule has 2 heterocycles. The Bertz CT molecular complexity index is 653. The van der Waals surface area contributed by atoms with Crippen molar-refractivity contribution < 1.29 is 0 Å². The molecule has 0 saturated heterocycles. The number of hydrogen-bond donors (Lipinski definition) is 0. The number of rotatable bonds is 11. The molecule has 0 N–H and O–H groups in total. The zero-order chi connectivity index (χ0) is 24.6. The molecule has 0 aromatic carbocycles. The maximum Gasteiger partial charge on any atom is 0.0486 e. The topological polar surface area (TPSA) is 0 Å². The van der Waals surface area contributed by atoms with Crippen molar-refractivity contribution in [1.29, 1.82) is 0 Å². The molecule has 1 aliphatic rings. The van der Waals surface area contributed by atoms with Crippen LogP contribution in [-0.2, 0) is 5.41 Å². The van der Waals surface area contributed by atoms with E-state index in [4.69, 9.17) is 0 Å². The Hall–Kier alpha value is -0.860. The summed E-state index contributed by atoms with van der Waals surface area (Å²) in [6.07, 6.45) is 12.2. The van der Waals surface area contributed by atoms with Crippen molar-refractivity contribution in [2.24, 2.45) is 11.8 Å². The highest BCUT2D eigenvalue weighted by molar-refractivity contribution is 7.21. The maximum atomic E-state index is 3.00. The largest absolute Gasteiger partial charge is 0.143 e. The van der Waals surface area contributed by atoms with E-state index in [0.29, 0.717) is 0 Å². The molecule has 0 saturated carbocycles. The Morgan fingerprint density at radius 1 is 0.781 bits per heavy atom. The van der Waals surface area contributed by atoms with E-state index in [2.05, 4.69) is 63.7 Å².